The minimum atomic E-state index is 0. The molecular formula is C38H49N5. The van der Waals surface area contributed by atoms with Crippen LogP contribution in [-0.4, -0.2) is 28.0 Å². The van der Waals surface area contributed by atoms with Gasteiger partial charge in [-0.1, -0.05) is 95.1 Å². The van der Waals surface area contributed by atoms with Crippen LogP contribution in [0.3, 0.4) is 0 Å². The zero-order chi connectivity index (χ0) is 27.5. The Bertz CT molecular complexity index is 1890. The molecule has 7 aromatic rings. The predicted molar refractivity (Wildman–Crippen MR) is 190 cm³/mol. The Labute approximate surface area is 256 Å². The molecule has 226 valence electrons. The molecule has 0 radical (unpaired) electrons. The van der Waals surface area contributed by atoms with Crippen LogP contribution in [0.15, 0.2) is 97.2 Å². The highest BCUT2D eigenvalue weighted by Gasteiger charge is 2.19. The van der Waals surface area contributed by atoms with E-state index in [9.17, 15) is 0 Å². The van der Waals surface area contributed by atoms with Crippen molar-refractivity contribution >= 4 is 43.6 Å². The largest absolute Gasteiger partial charge is 0.361 e. The second kappa shape index (κ2) is 14.7. The number of aromatic nitrogens is 3. The van der Waals surface area contributed by atoms with Crippen LogP contribution in [0, 0.1) is 6.92 Å². The van der Waals surface area contributed by atoms with Gasteiger partial charge in [0.1, 0.15) is 0 Å². The van der Waals surface area contributed by atoms with Crippen molar-refractivity contribution < 1.29 is 0 Å². The van der Waals surface area contributed by atoms with E-state index >= 15 is 0 Å². The van der Waals surface area contributed by atoms with E-state index in [1.165, 1.54) is 66.0 Å². The van der Waals surface area contributed by atoms with E-state index in [1.54, 1.807) is 0 Å². The van der Waals surface area contributed by atoms with Gasteiger partial charge in [0, 0.05) is 61.5 Å². The Morgan fingerprint density at radius 3 is 2.02 bits per heavy atom. The molecule has 5 nitrogen and oxygen atoms in total. The maximum absolute atomic E-state index is 5.50. The number of hydrogen-bond donors (Lipinski definition) is 5. The van der Waals surface area contributed by atoms with E-state index < -0.39 is 0 Å². The fourth-order valence-corrected chi connectivity index (χ4v) is 5.89. The van der Waals surface area contributed by atoms with Crippen molar-refractivity contribution in [1.82, 2.24) is 20.3 Å². The van der Waals surface area contributed by atoms with Gasteiger partial charge in [-0.15, -0.1) is 0 Å². The highest BCUT2D eigenvalue weighted by Crippen LogP contribution is 2.29. The van der Waals surface area contributed by atoms with E-state index in [2.05, 4.69) is 119 Å². The number of nitrogens with two attached hydrogens (primary N) is 1. The Balaban J connectivity index is 0.000000171. The molecule has 8 rings (SSSR count). The summed E-state index contributed by atoms with van der Waals surface area (Å²) in [5.41, 5.74) is 15.9. The Hall–Kier alpha value is -4.32. The van der Waals surface area contributed by atoms with Crippen LogP contribution in [0.5, 0.6) is 0 Å². The van der Waals surface area contributed by atoms with E-state index in [4.69, 9.17) is 5.73 Å². The van der Waals surface area contributed by atoms with Gasteiger partial charge in [0.05, 0.1) is 0 Å². The summed E-state index contributed by atoms with van der Waals surface area (Å²) in [5, 5.41) is 8.79. The Morgan fingerprint density at radius 2 is 1.30 bits per heavy atom. The molecule has 0 aliphatic carbocycles. The van der Waals surface area contributed by atoms with Crippen molar-refractivity contribution in [3.05, 3.63) is 120 Å². The molecule has 0 fully saturated rings. The summed E-state index contributed by atoms with van der Waals surface area (Å²) in [6.07, 6.45) is 4.13. The number of rotatable bonds is 2. The topological polar surface area (TPSA) is 85.4 Å². The SMILES string of the molecule is C.C.C.CC1NCCc2c1[nH]c1ccccc21.Cc1cccc2c1[nH]c1ccccc12.NCCc1c[nH]c2ccccc12. The normalized spacial score (nSPS) is 13.5. The molecule has 6 N–H and O–H groups in total. The second-order valence-corrected chi connectivity index (χ2v) is 10.6. The van der Waals surface area contributed by atoms with Crippen LogP contribution in [0.1, 0.15) is 57.6 Å². The highest BCUT2D eigenvalue weighted by atomic mass is 15.0. The number of fused-ring (bicyclic) bond motifs is 7. The molecule has 0 saturated heterocycles. The van der Waals surface area contributed by atoms with E-state index in [1.807, 2.05) is 12.3 Å². The number of benzene rings is 4. The number of nitrogens with one attached hydrogen (secondary N) is 4. The summed E-state index contributed by atoms with van der Waals surface area (Å²) in [5.74, 6) is 0. The molecule has 1 aliphatic heterocycles. The minimum absolute atomic E-state index is 0. The van der Waals surface area contributed by atoms with Crippen LogP contribution >= 0.6 is 0 Å². The monoisotopic (exact) mass is 575 g/mol. The lowest BCUT2D eigenvalue weighted by molar-refractivity contribution is 0.533. The predicted octanol–water partition coefficient (Wildman–Crippen LogP) is 9.58. The van der Waals surface area contributed by atoms with Crippen molar-refractivity contribution in [2.75, 3.05) is 13.1 Å². The molecule has 0 bridgehead atoms. The first-order valence-corrected chi connectivity index (χ1v) is 14.2. The van der Waals surface area contributed by atoms with Gasteiger partial charge in [0.2, 0.25) is 0 Å². The van der Waals surface area contributed by atoms with Crippen LogP contribution in [0.4, 0.5) is 0 Å². The average molecular weight is 576 g/mol. The van der Waals surface area contributed by atoms with Gasteiger partial charge in [0.25, 0.3) is 0 Å². The third kappa shape index (κ3) is 6.69. The molecule has 1 atom stereocenters. The molecular weight excluding hydrogens is 526 g/mol. The molecule has 3 aromatic heterocycles. The zero-order valence-electron chi connectivity index (χ0n) is 23.2. The fraction of sp³-hybridized carbons (Fsp3) is 0.263. The average Bonchev–Trinajstić information content (AvgIpc) is 3.69. The molecule has 43 heavy (non-hydrogen) atoms. The molecule has 5 heteroatoms. The van der Waals surface area contributed by atoms with Gasteiger partial charge < -0.3 is 26.0 Å². The van der Waals surface area contributed by atoms with Crippen molar-refractivity contribution in [1.29, 1.82) is 0 Å². The standard InChI is InChI=1S/C13H11N.C12H14N2.C10H12N2.3CH4/c1-9-5-4-7-11-10-6-2-3-8-12(10)14-13(9)11;1-8-12-10(6-7-13-8)9-4-2-3-5-11(9)14-12;11-6-5-8-7-12-10-4-2-1-3-9(8)10;;;/h2-8,14H,1H3;2-5,8,13-14H,6-7H2,1H3;1-4,7,12H,5-6,11H2;3*1H4. The lowest BCUT2D eigenvalue weighted by atomic mass is 10.0. The summed E-state index contributed by atoms with van der Waals surface area (Å²) >= 11 is 0. The molecule has 0 spiro atoms. The number of para-hydroxylation sites is 4. The molecule has 4 heterocycles. The van der Waals surface area contributed by atoms with Crippen molar-refractivity contribution in [2.45, 2.75) is 55.0 Å². The zero-order valence-corrected chi connectivity index (χ0v) is 23.2. The van der Waals surface area contributed by atoms with Crippen LogP contribution < -0.4 is 11.1 Å². The van der Waals surface area contributed by atoms with Gasteiger partial charge in [-0.3, -0.25) is 0 Å². The maximum Gasteiger partial charge on any atom is 0.0494 e. The van der Waals surface area contributed by atoms with Crippen LogP contribution in [0.2, 0.25) is 0 Å². The Kier molecular flexibility index (Phi) is 11.4. The van der Waals surface area contributed by atoms with Gasteiger partial charge in [-0.05, 0) is 74.7 Å². The van der Waals surface area contributed by atoms with Crippen molar-refractivity contribution in [3.63, 3.8) is 0 Å². The lowest BCUT2D eigenvalue weighted by Crippen LogP contribution is -2.27. The van der Waals surface area contributed by atoms with Crippen LogP contribution in [-0.2, 0) is 12.8 Å². The fourth-order valence-electron chi connectivity index (χ4n) is 5.89. The summed E-state index contributed by atoms with van der Waals surface area (Å²) in [4.78, 5) is 10.2. The molecule has 0 saturated carbocycles. The highest BCUT2D eigenvalue weighted by molar-refractivity contribution is 6.08. The Morgan fingerprint density at radius 1 is 0.698 bits per heavy atom. The second-order valence-electron chi connectivity index (χ2n) is 10.6. The van der Waals surface area contributed by atoms with E-state index in [-0.39, 0.29) is 22.3 Å². The first-order valence-electron chi connectivity index (χ1n) is 14.2. The first kappa shape index (κ1) is 33.2. The lowest BCUT2D eigenvalue weighted by Gasteiger charge is -2.20. The number of hydrogen-bond acceptors (Lipinski definition) is 2. The molecule has 1 aliphatic rings. The molecule has 0 amide bonds. The van der Waals surface area contributed by atoms with Gasteiger partial charge in [-0.2, -0.15) is 0 Å². The number of aromatic amines is 3. The van der Waals surface area contributed by atoms with Crippen molar-refractivity contribution in [2.24, 2.45) is 5.73 Å². The van der Waals surface area contributed by atoms with Gasteiger partial charge >= 0.3 is 0 Å². The first-order chi connectivity index (χ1) is 19.6. The third-order valence-electron chi connectivity index (χ3n) is 7.94. The van der Waals surface area contributed by atoms with E-state index in [0.29, 0.717) is 12.6 Å². The summed E-state index contributed by atoms with van der Waals surface area (Å²) in [7, 11) is 0. The maximum atomic E-state index is 5.50. The van der Waals surface area contributed by atoms with E-state index in [0.717, 1.165) is 19.4 Å². The molecule has 4 aromatic carbocycles. The third-order valence-corrected chi connectivity index (χ3v) is 7.94. The summed E-state index contributed by atoms with van der Waals surface area (Å²) in [6, 6.07) is 32.2. The summed E-state index contributed by atoms with van der Waals surface area (Å²) < 4.78 is 0. The van der Waals surface area contributed by atoms with Gasteiger partial charge in [0.15, 0.2) is 0 Å². The number of H-pyrrole nitrogens is 3. The quantitative estimate of drug-likeness (QED) is 0.142. The van der Waals surface area contributed by atoms with Crippen LogP contribution in [0.25, 0.3) is 43.6 Å². The molecule has 1 unspecified atom stereocenters. The smallest absolute Gasteiger partial charge is 0.0494 e. The van der Waals surface area contributed by atoms with Crippen molar-refractivity contribution in [3.8, 4) is 0 Å². The number of aryl methyl sites for hydroxylation is 1. The summed E-state index contributed by atoms with van der Waals surface area (Å²) in [6.45, 7) is 6.16. The minimum Gasteiger partial charge on any atom is -0.361 e. The van der Waals surface area contributed by atoms with Gasteiger partial charge in [-0.25, -0.2) is 0 Å².